The smallest absolute Gasteiger partial charge is 0.290 e. The molecule has 0 radical (unpaired) electrons. The zero-order valence-corrected chi connectivity index (χ0v) is 8.53. The van der Waals surface area contributed by atoms with Crippen LogP contribution in [0, 0.1) is 0 Å². The van der Waals surface area contributed by atoms with Crippen molar-refractivity contribution in [1.82, 2.24) is 29.9 Å². The number of nitrogens with one attached hydrogen (secondary N) is 1. The zero-order valence-electron chi connectivity index (χ0n) is 8.53. The van der Waals surface area contributed by atoms with Crippen LogP contribution in [0.1, 0.15) is 0 Å². The fourth-order valence-electron chi connectivity index (χ4n) is 1.54. The molecule has 0 aliphatic carbocycles. The lowest BCUT2D eigenvalue weighted by molar-refractivity contribution is 0.854. The Bertz CT molecular complexity index is 744. The maximum atomic E-state index is 11.6. The molecule has 0 unspecified atom stereocenters. The maximum Gasteiger partial charge on any atom is 0.290 e. The van der Waals surface area contributed by atoms with E-state index in [4.69, 9.17) is 5.73 Å². The lowest BCUT2D eigenvalue weighted by Crippen LogP contribution is -2.16. The lowest BCUT2D eigenvalue weighted by atomic mass is 10.4. The Hall–Kier alpha value is -2.77. The minimum atomic E-state index is -0.352. The maximum absolute atomic E-state index is 11.6. The summed E-state index contributed by atoms with van der Waals surface area (Å²) in [6.07, 6.45) is 4.31. The Labute approximate surface area is 94.1 Å². The number of anilines is 1. The van der Waals surface area contributed by atoms with Gasteiger partial charge in [0, 0.05) is 6.20 Å². The van der Waals surface area contributed by atoms with Crippen molar-refractivity contribution in [2.24, 2.45) is 0 Å². The molecule has 0 saturated heterocycles. The highest BCUT2D eigenvalue weighted by Crippen LogP contribution is 2.17. The number of hydrogen-bond acceptors (Lipinski definition) is 6. The molecule has 8 nitrogen and oxygen atoms in total. The van der Waals surface area contributed by atoms with E-state index in [2.05, 4.69) is 25.3 Å². The minimum Gasteiger partial charge on any atom is -0.383 e. The molecule has 0 bridgehead atoms. The van der Waals surface area contributed by atoms with Gasteiger partial charge in [0.15, 0.2) is 5.65 Å². The van der Waals surface area contributed by atoms with Crippen molar-refractivity contribution < 1.29 is 0 Å². The largest absolute Gasteiger partial charge is 0.383 e. The first-order chi connectivity index (χ1) is 8.27. The van der Waals surface area contributed by atoms with Crippen molar-refractivity contribution in [2.45, 2.75) is 0 Å². The number of fused-ring (bicyclic) bond motifs is 1. The van der Waals surface area contributed by atoms with Crippen LogP contribution in [0.25, 0.3) is 16.7 Å². The highest BCUT2D eigenvalue weighted by atomic mass is 16.1. The van der Waals surface area contributed by atoms with Crippen LogP contribution >= 0.6 is 0 Å². The summed E-state index contributed by atoms with van der Waals surface area (Å²) in [5, 5.41) is 10.6. The van der Waals surface area contributed by atoms with Crippen molar-refractivity contribution in [3.05, 3.63) is 35.1 Å². The molecule has 0 aromatic carbocycles. The van der Waals surface area contributed by atoms with Gasteiger partial charge < -0.3 is 5.73 Å². The molecule has 17 heavy (non-hydrogen) atoms. The predicted molar refractivity (Wildman–Crippen MR) is 59.5 cm³/mol. The molecule has 0 aliphatic heterocycles. The summed E-state index contributed by atoms with van der Waals surface area (Å²) in [4.78, 5) is 19.5. The van der Waals surface area contributed by atoms with Crippen molar-refractivity contribution in [2.75, 3.05) is 5.73 Å². The van der Waals surface area contributed by atoms with Gasteiger partial charge in [-0.25, -0.2) is 19.7 Å². The SMILES string of the molecule is Nc1ncnc2c1cnn2-c1ccn[nH]c1=O. The molecule has 0 amide bonds. The fraction of sp³-hybridized carbons (Fsp3) is 0. The second-order valence-corrected chi connectivity index (χ2v) is 3.32. The van der Waals surface area contributed by atoms with Crippen LogP contribution in [0.15, 0.2) is 29.6 Å². The second kappa shape index (κ2) is 3.37. The summed E-state index contributed by atoms with van der Waals surface area (Å²) in [7, 11) is 0. The molecule has 3 aromatic rings. The van der Waals surface area contributed by atoms with Crippen molar-refractivity contribution in [1.29, 1.82) is 0 Å². The number of hydrogen-bond donors (Lipinski definition) is 2. The first-order valence-electron chi connectivity index (χ1n) is 4.75. The van der Waals surface area contributed by atoms with Crippen molar-refractivity contribution in [3.8, 4) is 5.69 Å². The van der Waals surface area contributed by atoms with E-state index < -0.39 is 0 Å². The fourth-order valence-corrected chi connectivity index (χ4v) is 1.54. The van der Waals surface area contributed by atoms with Gasteiger partial charge >= 0.3 is 0 Å². The zero-order chi connectivity index (χ0) is 11.8. The first-order valence-corrected chi connectivity index (χ1v) is 4.75. The van der Waals surface area contributed by atoms with E-state index in [0.717, 1.165) is 0 Å². The van der Waals surface area contributed by atoms with E-state index in [1.54, 1.807) is 6.07 Å². The Morgan fingerprint density at radius 2 is 2.24 bits per heavy atom. The summed E-state index contributed by atoms with van der Waals surface area (Å²) in [5.41, 5.74) is 6.14. The molecule has 8 heteroatoms. The third-order valence-corrected chi connectivity index (χ3v) is 2.33. The second-order valence-electron chi connectivity index (χ2n) is 3.32. The average Bonchev–Trinajstić information content (AvgIpc) is 2.75. The van der Waals surface area contributed by atoms with Gasteiger partial charge in [-0.15, -0.1) is 0 Å². The summed E-state index contributed by atoms with van der Waals surface area (Å²) in [5.74, 6) is 0.326. The van der Waals surface area contributed by atoms with Gasteiger partial charge in [-0.3, -0.25) is 4.79 Å². The molecule has 0 aliphatic rings. The molecule has 0 saturated carbocycles. The molecule has 3 N–H and O–H groups in total. The summed E-state index contributed by atoms with van der Waals surface area (Å²) in [6, 6.07) is 1.55. The van der Waals surface area contributed by atoms with E-state index >= 15 is 0 Å². The first kappa shape index (κ1) is 9.46. The highest BCUT2D eigenvalue weighted by Gasteiger charge is 2.11. The highest BCUT2D eigenvalue weighted by molar-refractivity contribution is 5.85. The Morgan fingerprint density at radius 1 is 1.35 bits per heavy atom. The number of aromatic nitrogens is 6. The Morgan fingerprint density at radius 3 is 3.06 bits per heavy atom. The molecule has 0 spiro atoms. The van der Waals surface area contributed by atoms with Crippen LogP contribution in [-0.2, 0) is 0 Å². The number of nitrogens with two attached hydrogens (primary N) is 1. The molecule has 0 atom stereocenters. The minimum absolute atomic E-state index is 0.326. The molecule has 84 valence electrons. The number of nitrogen functional groups attached to an aromatic ring is 1. The normalized spacial score (nSPS) is 10.8. The molecule has 3 heterocycles. The summed E-state index contributed by atoms with van der Waals surface area (Å²) >= 11 is 0. The van der Waals surface area contributed by atoms with E-state index in [1.807, 2.05) is 0 Å². The van der Waals surface area contributed by atoms with E-state index in [-0.39, 0.29) is 5.56 Å². The predicted octanol–water partition coefficient (Wildman–Crippen LogP) is -0.519. The Kier molecular flexibility index (Phi) is 1.87. The standard InChI is InChI=1S/C9H7N7O/c10-7-5-3-14-16(8(5)12-4-11-7)6-1-2-13-15-9(6)17/h1-4H,(H,15,17)(H2,10,11,12). The van der Waals surface area contributed by atoms with Crippen LogP contribution in [0.5, 0.6) is 0 Å². The quantitative estimate of drug-likeness (QED) is 0.580. The van der Waals surface area contributed by atoms with Crippen LogP contribution in [0.4, 0.5) is 5.82 Å². The van der Waals surface area contributed by atoms with Gasteiger partial charge in [-0.2, -0.15) is 10.2 Å². The van der Waals surface area contributed by atoms with Gasteiger partial charge in [0.2, 0.25) is 0 Å². The summed E-state index contributed by atoms with van der Waals surface area (Å²) in [6.45, 7) is 0. The molecule has 0 fully saturated rings. The van der Waals surface area contributed by atoms with E-state index in [1.165, 1.54) is 23.4 Å². The third kappa shape index (κ3) is 1.34. The summed E-state index contributed by atoms with van der Waals surface area (Å²) < 4.78 is 1.40. The topological polar surface area (TPSA) is 115 Å². The van der Waals surface area contributed by atoms with Gasteiger partial charge in [0.25, 0.3) is 5.56 Å². The number of aromatic amines is 1. The van der Waals surface area contributed by atoms with Gasteiger partial charge in [0.05, 0.1) is 11.6 Å². The molecule has 3 aromatic heterocycles. The monoisotopic (exact) mass is 229 g/mol. The molecular weight excluding hydrogens is 222 g/mol. The van der Waals surface area contributed by atoms with Crippen LogP contribution in [0.3, 0.4) is 0 Å². The van der Waals surface area contributed by atoms with Crippen LogP contribution in [-0.4, -0.2) is 29.9 Å². The van der Waals surface area contributed by atoms with E-state index in [9.17, 15) is 4.79 Å². The van der Waals surface area contributed by atoms with Gasteiger partial charge in [-0.1, -0.05) is 0 Å². The van der Waals surface area contributed by atoms with Crippen molar-refractivity contribution >= 4 is 16.9 Å². The number of H-pyrrole nitrogens is 1. The van der Waals surface area contributed by atoms with Gasteiger partial charge in [-0.05, 0) is 6.07 Å². The molecule has 3 rings (SSSR count). The third-order valence-electron chi connectivity index (χ3n) is 2.33. The average molecular weight is 229 g/mol. The molecular formula is C9H7N7O. The van der Waals surface area contributed by atoms with Crippen LogP contribution in [0.2, 0.25) is 0 Å². The van der Waals surface area contributed by atoms with Crippen molar-refractivity contribution in [3.63, 3.8) is 0 Å². The van der Waals surface area contributed by atoms with E-state index in [0.29, 0.717) is 22.5 Å². The number of nitrogens with zero attached hydrogens (tertiary/aromatic N) is 5. The lowest BCUT2D eigenvalue weighted by Gasteiger charge is -2.00. The Balaban J connectivity index is 2.37. The van der Waals surface area contributed by atoms with Gasteiger partial charge in [0.1, 0.15) is 17.8 Å². The number of rotatable bonds is 1. The van der Waals surface area contributed by atoms with Crippen LogP contribution < -0.4 is 11.3 Å².